The smallest absolute Gasteiger partial charge is 0.252 e. The van der Waals surface area contributed by atoms with Gasteiger partial charge in [0.2, 0.25) is 5.90 Å². The molecule has 5 aromatic carbocycles. The molecule has 0 fully saturated rings. The van der Waals surface area contributed by atoms with Crippen molar-refractivity contribution < 1.29 is 19.4 Å². The largest absolute Gasteiger partial charge is 0.494 e. The van der Waals surface area contributed by atoms with Crippen LogP contribution < -0.4 is 10.1 Å². The Labute approximate surface area is 295 Å². The Morgan fingerprint density at radius 3 is 2.32 bits per heavy atom. The minimum Gasteiger partial charge on any atom is -0.494 e. The summed E-state index contributed by atoms with van der Waals surface area (Å²) in [4.78, 5) is 22.9. The summed E-state index contributed by atoms with van der Waals surface area (Å²) in [6.07, 6.45) is -0.117. The number of ether oxygens (including phenoxy) is 2. The van der Waals surface area contributed by atoms with Crippen LogP contribution in [-0.4, -0.2) is 35.7 Å². The van der Waals surface area contributed by atoms with Crippen molar-refractivity contribution in [2.75, 3.05) is 13.2 Å². The zero-order valence-corrected chi connectivity index (χ0v) is 28.0. The Morgan fingerprint density at radius 2 is 1.60 bits per heavy atom. The van der Waals surface area contributed by atoms with Crippen LogP contribution in [-0.2, 0) is 29.0 Å². The van der Waals surface area contributed by atoms with Gasteiger partial charge in [0.15, 0.2) is 11.6 Å². The Bertz CT molecular complexity index is 2000. The molecule has 1 aliphatic heterocycles. The van der Waals surface area contributed by atoms with E-state index in [9.17, 15) is 4.79 Å². The zero-order valence-electron chi connectivity index (χ0n) is 27.3. The van der Waals surface area contributed by atoms with Gasteiger partial charge >= 0.3 is 0 Å². The van der Waals surface area contributed by atoms with Gasteiger partial charge in [0.1, 0.15) is 5.75 Å². The number of nitrogens with one attached hydrogen (secondary N) is 1. The lowest BCUT2D eigenvalue weighted by atomic mass is 9.80. The molecule has 0 saturated carbocycles. The molecule has 0 aliphatic carbocycles. The Morgan fingerprint density at radius 1 is 0.900 bits per heavy atom. The molecule has 50 heavy (non-hydrogen) atoms. The average molecular weight is 686 g/mol. The first-order chi connectivity index (χ1) is 24.5. The highest BCUT2D eigenvalue weighted by atomic mass is 35.5. The van der Waals surface area contributed by atoms with Crippen molar-refractivity contribution in [1.29, 1.82) is 0 Å². The molecule has 0 bridgehead atoms. The zero-order chi connectivity index (χ0) is 34.8. The summed E-state index contributed by atoms with van der Waals surface area (Å²) in [5.74, 6) is 0.632. The van der Waals surface area contributed by atoms with Gasteiger partial charge < -0.3 is 19.9 Å². The number of azide groups is 1. The standard InChI is InChI=1S/C40H36ClN5O4/c41-35-13-6-8-28(24-35)26-43-39(48)40(25-33-11-4-5-12-34(33)27-44-46-42)37(31-16-14-30(15-17-31)29-9-2-1-3-10-29)50-38(45-40)32-18-20-36(21-19-32)49-23-7-22-47/h1-6,8-21,24,37,47H,7,22-23,25-27H2,(H,43,48)/t37-,40-/m1/s1. The van der Waals surface area contributed by atoms with E-state index in [0.29, 0.717) is 35.3 Å². The Kier molecular flexibility index (Phi) is 11.1. The van der Waals surface area contributed by atoms with Crippen molar-refractivity contribution in [3.8, 4) is 16.9 Å². The first-order valence-corrected chi connectivity index (χ1v) is 16.7. The number of amides is 1. The lowest BCUT2D eigenvalue weighted by molar-refractivity contribution is -0.129. The van der Waals surface area contributed by atoms with Crippen molar-refractivity contribution in [1.82, 2.24) is 5.32 Å². The van der Waals surface area contributed by atoms with Crippen molar-refractivity contribution in [2.24, 2.45) is 10.1 Å². The molecule has 5 aromatic rings. The van der Waals surface area contributed by atoms with Gasteiger partial charge in [0.25, 0.3) is 5.91 Å². The third-order valence-corrected chi connectivity index (χ3v) is 8.81. The van der Waals surface area contributed by atoms with Gasteiger partial charge in [0, 0.05) is 41.5 Å². The van der Waals surface area contributed by atoms with Gasteiger partial charge in [-0.1, -0.05) is 108 Å². The minimum absolute atomic E-state index is 0.0455. The van der Waals surface area contributed by atoms with E-state index in [1.165, 1.54) is 0 Å². The first kappa shape index (κ1) is 34.3. The topological polar surface area (TPSA) is 129 Å². The highest BCUT2D eigenvalue weighted by molar-refractivity contribution is 6.30. The number of aliphatic imine (C=N–C) groups is 1. The molecule has 252 valence electrons. The third-order valence-electron chi connectivity index (χ3n) is 8.58. The second kappa shape index (κ2) is 16.2. The summed E-state index contributed by atoms with van der Waals surface area (Å²) >= 11 is 6.27. The number of carbonyl (C=O) groups is 1. The van der Waals surface area contributed by atoms with E-state index >= 15 is 0 Å². The molecule has 2 atom stereocenters. The fraction of sp³-hybridized carbons (Fsp3) is 0.200. The molecule has 9 nitrogen and oxygen atoms in total. The van der Waals surface area contributed by atoms with Crippen LogP contribution in [0.1, 0.15) is 40.3 Å². The molecule has 2 N–H and O–H groups in total. The van der Waals surface area contributed by atoms with Gasteiger partial charge in [-0.25, -0.2) is 4.99 Å². The van der Waals surface area contributed by atoms with Crippen LogP contribution >= 0.6 is 11.6 Å². The first-order valence-electron chi connectivity index (χ1n) is 16.4. The molecule has 6 rings (SSSR count). The second-order valence-electron chi connectivity index (χ2n) is 11.9. The van der Waals surface area contributed by atoms with Gasteiger partial charge in [-0.3, -0.25) is 4.79 Å². The van der Waals surface area contributed by atoms with Crippen molar-refractivity contribution in [2.45, 2.75) is 37.6 Å². The van der Waals surface area contributed by atoms with E-state index < -0.39 is 11.6 Å². The van der Waals surface area contributed by atoms with E-state index in [1.54, 1.807) is 6.07 Å². The van der Waals surface area contributed by atoms with Crippen LogP contribution in [0.2, 0.25) is 5.02 Å². The molecule has 0 aromatic heterocycles. The number of hydrogen-bond donors (Lipinski definition) is 2. The summed E-state index contributed by atoms with van der Waals surface area (Å²) in [5, 5.41) is 16.6. The van der Waals surface area contributed by atoms with Crippen LogP contribution in [0.4, 0.5) is 0 Å². The van der Waals surface area contributed by atoms with Gasteiger partial charge in [-0.05, 0) is 75.3 Å². The van der Waals surface area contributed by atoms with Crippen molar-refractivity contribution in [3.63, 3.8) is 0 Å². The van der Waals surface area contributed by atoms with E-state index in [-0.39, 0.29) is 32.0 Å². The number of carbonyl (C=O) groups excluding carboxylic acids is 1. The second-order valence-corrected chi connectivity index (χ2v) is 12.4. The van der Waals surface area contributed by atoms with Crippen LogP contribution in [0.25, 0.3) is 21.6 Å². The lowest BCUT2D eigenvalue weighted by Crippen LogP contribution is -2.49. The number of nitrogens with zero attached hydrogens (tertiary/aromatic N) is 4. The van der Waals surface area contributed by atoms with E-state index in [0.717, 1.165) is 33.4 Å². The molecule has 0 spiro atoms. The summed E-state index contributed by atoms with van der Waals surface area (Å²) < 4.78 is 12.5. The monoisotopic (exact) mass is 685 g/mol. The molecular weight excluding hydrogens is 650 g/mol. The maximum absolute atomic E-state index is 14.8. The number of halogens is 1. The summed E-state index contributed by atoms with van der Waals surface area (Å²) in [6, 6.07) is 40.3. The van der Waals surface area contributed by atoms with Crippen molar-refractivity contribution >= 4 is 23.4 Å². The lowest BCUT2D eigenvalue weighted by Gasteiger charge is -2.31. The Hall–Kier alpha value is -5.60. The summed E-state index contributed by atoms with van der Waals surface area (Å²) in [6.45, 7) is 0.786. The van der Waals surface area contributed by atoms with E-state index in [1.807, 2.05) is 121 Å². The van der Waals surface area contributed by atoms with Crippen LogP contribution in [0, 0.1) is 0 Å². The highest BCUT2D eigenvalue weighted by Crippen LogP contribution is 2.43. The van der Waals surface area contributed by atoms with Crippen LogP contribution in [0.3, 0.4) is 0 Å². The quantitative estimate of drug-likeness (QED) is 0.0526. The molecule has 1 heterocycles. The number of benzene rings is 5. The highest BCUT2D eigenvalue weighted by Gasteiger charge is 2.53. The predicted octanol–water partition coefficient (Wildman–Crippen LogP) is 8.39. The number of aliphatic hydroxyl groups is 1. The minimum atomic E-state index is -1.45. The van der Waals surface area contributed by atoms with Gasteiger partial charge in [0.05, 0.1) is 13.2 Å². The SMILES string of the molecule is [N-]=[N+]=NCc1ccccc1C[C@@]1(C(=O)NCc2cccc(Cl)c2)N=C(c2ccc(OCCCO)cc2)O[C@@H]1c1ccc(-c2ccccc2)cc1. The molecule has 10 heteroatoms. The number of rotatable bonds is 14. The fourth-order valence-corrected chi connectivity index (χ4v) is 6.24. The Balaban J connectivity index is 1.44. The maximum Gasteiger partial charge on any atom is 0.252 e. The van der Waals surface area contributed by atoms with Crippen LogP contribution in [0.15, 0.2) is 138 Å². The average Bonchev–Trinajstić information content (AvgIpc) is 3.54. The number of aliphatic hydroxyl groups excluding tert-OH is 1. The molecular formula is C40H36ClN5O4. The van der Waals surface area contributed by atoms with Gasteiger partial charge in [-0.15, -0.1) is 0 Å². The maximum atomic E-state index is 14.8. The molecule has 1 aliphatic rings. The summed E-state index contributed by atoms with van der Waals surface area (Å²) in [5.41, 5.74) is 13.6. The fourth-order valence-electron chi connectivity index (χ4n) is 6.03. The predicted molar refractivity (Wildman–Crippen MR) is 195 cm³/mol. The number of hydrogen-bond acceptors (Lipinski definition) is 6. The normalized spacial score (nSPS) is 16.5. The molecule has 0 saturated heterocycles. The summed E-state index contributed by atoms with van der Waals surface area (Å²) in [7, 11) is 0. The van der Waals surface area contributed by atoms with Gasteiger partial charge in [-0.2, -0.15) is 0 Å². The van der Waals surface area contributed by atoms with Crippen LogP contribution in [0.5, 0.6) is 5.75 Å². The molecule has 0 radical (unpaired) electrons. The van der Waals surface area contributed by atoms with E-state index in [4.69, 9.17) is 36.7 Å². The third kappa shape index (κ3) is 7.98. The molecule has 0 unspecified atom stereocenters. The van der Waals surface area contributed by atoms with Crippen molar-refractivity contribution in [3.05, 3.63) is 171 Å². The molecule has 1 amide bonds. The van der Waals surface area contributed by atoms with E-state index in [2.05, 4.69) is 15.3 Å².